The van der Waals surface area contributed by atoms with Crippen molar-refractivity contribution < 1.29 is 9.21 Å². The number of nitrogens with one attached hydrogen (secondary N) is 1. The highest BCUT2D eigenvalue weighted by atomic mass is 35.5. The Bertz CT molecular complexity index is 1440. The third kappa shape index (κ3) is 4.45. The number of aromatic nitrogens is 4. The molecule has 0 radical (unpaired) electrons. The molecule has 1 aliphatic rings. The fraction of sp³-hybridized carbons (Fsp3) is 0.261. The second-order valence-corrected chi connectivity index (χ2v) is 8.39. The Morgan fingerprint density at radius 3 is 2.55 bits per heavy atom. The summed E-state index contributed by atoms with van der Waals surface area (Å²) in [5, 5.41) is 12.0. The number of hydrogen-bond acceptors (Lipinski definition) is 6. The van der Waals surface area contributed by atoms with Gasteiger partial charge in [-0.05, 0) is 49.2 Å². The molecule has 0 saturated heterocycles. The average Bonchev–Trinajstić information content (AvgIpc) is 3.56. The van der Waals surface area contributed by atoms with Crippen molar-refractivity contribution in [1.29, 1.82) is 0 Å². The number of nitrogens with zero attached hydrogens (tertiary/aromatic N) is 4. The van der Waals surface area contributed by atoms with Gasteiger partial charge in [0, 0.05) is 23.0 Å². The van der Waals surface area contributed by atoms with Crippen LogP contribution in [0.1, 0.15) is 25.2 Å². The van der Waals surface area contributed by atoms with Crippen molar-refractivity contribution in [3.05, 3.63) is 80.2 Å². The Kier molecular flexibility index (Phi) is 5.55. The quantitative estimate of drug-likeness (QED) is 0.448. The number of H-pyrrole nitrogens is 1. The molecule has 2 aromatic heterocycles. The highest BCUT2D eigenvalue weighted by Gasteiger charge is 2.33. The number of halogens is 1. The third-order valence-electron chi connectivity index (χ3n) is 5.60. The van der Waals surface area contributed by atoms with Crippen LogP contribution in [0.3, 0.4) is 0 Å². The highest BCUT2D eigenvalue weighted by Crippen LogP contribution is 2.29. The number of benzene rings is 2. The number of aryl methyl sites for hydroxylation is 1. The molecule has 2 aromatic carbocycles. The topological polar surface area (TPSA) is 114 Å². The van der Waals surface area contributed by atoms with E-state index in [1.165, 1.54) is 4.68 Å². The first-order valence-corrected chi connectivity index (χ1v) is 11.0. The van der Waals surface area contributed by atoms with E-state index in [1.807, 2.05) is 0 Å². The molecule has 168 valence electrons. The summed E-state index contributed by atoms with van der Waals surface area (Å²) in [7, 11) is 0. The van der Waals surface area contributed by atoms with E-state index in [0.717, 1.165) is 18.4 Å². The van der Waals surface area contributed by atoms with Crippen LogP contribution in [0, 0.1) is 0 Å². The molecule has 5 rings (SSSR count). The lowest BCUT2D eigenvalue weighted by atomic mass is 10.2. The first-order valence-electron chi connectivity index (χ1n) is 10.6. The van der Waals surface area contributed by atoms with Gasteiger partial charge in [-0.1, -0.05) is 23.7 Å². The van der Waals surface area contributed by atoms with Gasteiger partial charge in [0.05, 0.1) is 23.9 Å². The van der Waals surface area contributed by atoms with Gasteiger partial charge in [0.15, 0.2) is 0 Å². The highest BCUT2D eigenvalue weighted by molar-refractivity contribution is 6.30. The summed E-state index contributed by atoms with van der Waals surface area (Å²) < 4.78 is 6.95. The van der Waals surface area contributed by atoms with Gasteiger partial charge in [0.2, 0.25) is 17.7 Å². The Labute approximate surface area is 192 Å². The summed E-state index contributed by atoms with van der Waals surface area (Å²) >= 11 is 5.92. The molecular formula is C23H20ClN5O4. The van der Waals surface area contributed by atoms with Crippen LogP contribution in [0.5, 0.6) is 0 Å². The lowest BCUT2D eigenvalue weighted by Crippen LogP contribution is -2.35. The largest absolute Gasteiger partial charge is 0.419 e. The van der Waals surface area contributed by atoms with Crippen LogP contribution in [0.25, 0.3) is 22.2 Å². The van der Waals surface area contributed by atoms with Crippen molar-refractivity contribution in [3.8, 4) is 11.5 Å². The number of carbonyl (C=O) groups excluding carboxylic acids is 1. The Balaban J connectivity index is 1.30. The number of carbonyl (C=O) groups is 1. The minimum Gasteiger partial charge on any atom is -0.419 e. The summed E-state index contributed by atoms with van der Waals surface area (Å²) in [6.07, 6.45) is 1.86. The van der Waals surface area contributed by atoms with Crippen LogP contribution in [-0.4, -0.2) is 36.8 Å². The van der Waals surface area contributed by atoms with E-state index in [1.54, 1.807) is 53.4 Å². The van der Waals surface area contributed by atoms with Crippen molar-refractivity contribution in [2.45, 2.75) is 38.4 Å². The second kappa shape index (κ2) is 8.67. The number of aromatic amines is 1. The smallest absolute Gasteiger partial charge is 0.273 e. The maximum Gasteiger partial charge on any atom is 0.273 e. The maximum atomic E-state index is 13.0. The molecule has 1 fully saturated rings. The molecule has 2 heterocycles. The fourth-order valence-electron chi connectivity index (χ4n) is 3.73. The molecule has 0 aliphatic heterocycles. The van der Waals surface area contributed by atoms with Gasteiger partial charge < -0.3 is 9.32 Å². The van der Waals surface area contributed by atoms with Crippen LogP contribution in [0.2, 0.25) is 5.02 Å². The Morgan fingerprint density at radius 2 is 1.82 bits per heavy atom. The predicted octanol–water partition coefficient (Wildman–Crippen LogP) is 2.97. The van der Waals surface area contributed by atoms with Gasteiger partial charge in [-0.3, -0.25) is 19.5 Å². The molecule has 0 spiro atoms. The van der Waals surface area contributed by atoms with Gasteiger partial charge in [-0.25, -0.2) is 4.68 Å². The summed E-state index contributed by atoms with van der Waals surface area (Å²) in [6.45, 7) is 0.258. The molecular weight excluding hydrogens is 446 g/mol. The average molecular weight is 466 g/mol. The molecule has 1 aliphatic carbocycles. The molecule has 0 atom stereocenters. The van der Waals surface area contributed by atoms with Crippen LogP contribution in [0.15, 0.2) is 62.5 Å². The van der Waals surface area contributed by atoms with Crippen LogP contribution >= 0.6 is 11.6 Å². The predicted molar refractivity (Wildman–Crippen MR) is 122 cm³/mol. The van der Waals surface area contributed by atoms with E-state index >= 15 is 0 Å². The van der Waals surface area contributed by atoms with Gasteiger partial charge in [-0.15, -0.1) is 10.2 Å². The normalized spacial score (nSPS) is 13.4. The minimum atomic E-state index is -0.364. The van der Waals surface area contributed by atoms with Crippen LogP contribution in [0.4, 0.5) is 0 Å². The third-order valence-corrected chi connectivity index (χ3v) is 5.86. The first kappa shape index (κ1) is 21.1. The van der Waals surface area contributed by atoms with E-state index in [-0.39, 0.29) is 42.6 Å². The Hall–Kier alpha value is -3.72. The standard InChI is InChI=1S/C23H20ClN5O4/c24-15-7-5-14(6-8-15)22-26-25-19(33-22)13-28(16-9-10-16)20(30)11-12-29-23(32)18-4-2-1-3-17(18)21(31)27-29/h1-8,16H,9-13H2,(H,27,31). The molecule has 0 bridgehead atoms. The molecule has 10 heteroatoms. The number of hydrogen-bond donors (Lipinski definition) is 1. The summed E-state index contributed by atoms with van der Waals surface area (Å²) in [5.74, 6) is 0.534. The molecule has 0 unspecified atom stereocenters. The molecule has 1 N–H and O–H groups in total. The van der Waals surface area contributed by atoms with Crippen LogP contribution in [-0.2, 0) is 17.9 Å². The van der Waals surface area contributed by atoms with Crippen molar-refractivity contribution in [3.63, 3.8) is 0 Å². The zero-order valence-corrected chi connectivity index (χ0v) is 18.3. The lowest BCUT2D eigenvalue weighted by Gasteiger charge is -2.20. The molecule has 1 amide bonds. The zero-order valence-electron chi connectivity index (χ0n) is 17.5. The van der Waals surface area contributed by atoms with Crippen molar-refractivity contribution in [2.24, 2.45) is 0 Å². The maximum absolute atomic E-state index is 13.0. The second-order valence-electron chi connectivity index (χ2n) is 7.95. The van der Waals surface area contributed by atoms with E-state index < -0.39 is 0 Å². The number of fused-ring (bicyclic) bond motifs is 1. The van der Waals surface area contributed by atoms with Gasteiger partial charge >= 0.3 is 0 Å². The van der Waals surface area contributed by atoms with Crippen molar-refractivity contribution in [2.75, 3.05) is 0 Å². The zero-order chi connectivity index (χ0) is 22.9. The Morgan fingerprint density at radius 1 is 1.09 bits per heavy atom. The van der Waals surface area contributed by atoms with Gasteiger partial charge in [0.1, 0.15) is 0 Å². The molecule has 4 aromatic rings. The van der Waals surface area contributed by atoms with Crippen LogP contribution < -0.4 is 11.1 Å². The monoisotopic (exact) mass is 465 g/mol. The minimum absolute atomic E-state index is 0.0584. The van der Waals surface area contributed by atoms with E-state index in [2.05, 4.69) is 15.3 Å². The van der Waals surface area contributed by atoms with Gasteiger partial charge in [0.25, 0.3) is 11.1 Å². The van der Waals surface area contributed by atoms with E-state index in [4.69, 9.17) is 16.0 Å². The lowest BCUT2D eigenvalue weighted by molar-refractivity contribution is -0.133. The molecule has 33 heavy (non-hydrogen) atoms. The number of amides is 1. The fourth-order valence-corrected chi connectivity index (χ4v) is 3.86. The van der Waals surface area contributed by atoms with E-state index in [0.29, 0.717) is 27.6 Å². The first-order chi connectivity index (χ1) is 16.0. The SMILES string of the molecule is O=C(CCn1[nH]c(=O)c2ccccc2c1=O)N(Cc1nnc(-c2ccc(Cl)cc2)o1)C1CC1. The van der Waals surface area contributed by atoms with E-state index in [9.17, 15) is 14.4 Å². The summed E-state index contributed by atoms with van der Waals surface area (Å²) in [4.78, 5) is 39.7. The van der Waals surface area contributed by atoms with Crippen molar-refractivity contribution in [1.82, 2.24) is 24.9 Å². The summed E-state index contributed by atoms with van der Waals surface area (Å²) in [6, 6.07) is 13.8. The summed E-state index contributed by atoms with van der Waals surface area (Å²) in [5.41, 5.74) is 0.0415. The van der Waals surface area contributed by atoms with Crippen molar-refractivity contribution >= 4 is 28.3 Å². The number of rotatable bonds is 7. The molecule has 9 nitrogen and oxygen atoms in total. The van der Waals surface area contributed by atoms with Gasteiger partial charge in [-0.2, -0.15) is 0 Å². The molecule has 1 saturated carbocycles.